The smallest absolute Gasteiger partial charge is 0.0672 e. The fraction of sp³-hybridized carbons (Fsp3) is 0.846. The van der Waals surface area contributed by atoms with Gasteiger partial charge in [-0.1, -0.05) is 12.2 Å². The molecular weight excluding hydrogens is 202 g/mol. The maximum atomic E-state index is 5.60. The first-order chi connectivity index (χ1) is 7.68. The molecule has 0 spiro atoms. The zero-order chi connectivity index (χ0) is 11.8. The highest BCUT2D eigenvalue weighted by molar-refractivity contribution is 4.87. The lowest BCUT2D eigenvalue weighted by Gasteiger charge is -2.17. The molecular formula is C13H25NO2. The Bertz CT molecular complexity index is 200. The summed E-state index contributed by atoms with van der Waals surface area (Å²) in [7, 11) is 0. The zero-order valence-corrected chi connectivity index (χ0v) is 10.6. The van der Waals surface area contributed by atoms with Crippen LogP contribution in [0.25, 0.3) is 0 Å². The van der Waals surface area contributed by atoms with Gasteiger partial charge < -0.3 is 14.8 Å². The molecule has 0 bridgehead atoms. The van der Waals surface area contributed by atoms with Crippen LogP contribution in [0.4, 0.5) is 0 Å². The third kappa shape index (κ3) is 6.26. The number of nitrogens with one attached hydrogen (secondary N) is 1. The zero-order valence-electron chi connectivity index (χ0n) is 10.6. The van der Waals surface area contributed by atoms with E-state index in [1.807, 2.05) is 6.92 Å². The highest BCUT2D eigenvalue weighted by Crippen LogP contribution is 2.16. The van der Waals surface area contributed by atoms with Gasteiger partial charge in [-0.05, 0) is 33.1 Å². The van der Waals surface area contributed by atoms with Gasteiger partial charge in [-0.2, -0.15) is 0 Å². The average Bonchev–Trinajstić information content (AvgIpc) is 2.69. The van der Waals surface area contributed by atoms with E-state index in [1.165, 1.54) is 12.8 Å². The van der Waals surface area contributed by atoms with Gasteiger partial charge in [0.15, 0.2) is 0 Å². The van der Waals surface area contributed by atoms with E-state index in [2.05, 4.69) is 18.8 Å². The molecule has 2 atom stereocenters. The first-order valence-electron chi connectivity index (χ1n) is 6.25. The van der Waals surface area contributed by atoms with E-state index >= 15 is 0 Å². The monoisotopic (exact) mass is 227 g/mol. The summed E-state index contributed by atoms with van der Waals surface area (Å²) >= 11 is 0. The fourth-order valence-electron chi connectivity index (χ4n) is 1.93. The summed E-state index contributed by atoms with van der Waals surface area (Å²) in [5.41, 5.74) is 1.08. The molecule has 16 heavy (non-hydrogen) atoms. The van der Waals surface area contributed by atoms with E-state index in [-0.39, 0.29) is 0 Å². The van der Waals surface area contributed by atoms with Crippen LogP contribution in [-0.4, -0.2) is 38.5 Å². The van der Waals surface area contributed by atoms with Gasteiger partial charge in [0, 0.05) is 19.2 Å². The van der Waals surface area contributed by atoms with E-state index in [0.29, 0.717) is 18.8 Å². The van der Waals surface area contributed by atoms with Crippen molar-refractivity contribution in [3.8, 4) is 0 Å². The Balaban J connectivity index is 1.93. The highest BCUT2D eigenvalue weighted by Gasteiger charge is 2.17. The summed E-state index contributed by atoms with van der Waals surface area (Å²) in [6, 6.07) is 0.511. The summed E-state index contributed by atoms with van der Waals surface area (Å²) in [5, 5.41) is 3.45. The van der Waals surface area contributed by atoms with Gasteiger partial charge in [0.2, 0.25) is 0 Å². The Morgan fingerprint density at radius 3 is 3.06 bits per heavy atom. The molecule has 1 heterocycles. The summed E-state index contributed by atoms with van der Waals surface area (Å²) in [6.07, 6.45) is 4.02. The maximum absolute atomic E-state index is 5.60. The van der Waals surface area contributed by atoms with Crippen molar-refractivity contribution in [2.45, 2.75) is 45.3 Å². The lowest BCUT2D eigenvalue weighted by Crippen LogP contribution is -2.32. The van der Waals surface area contributed by atoms with Crippen molar-refractivity contribution in [3.05, 3.63) is 12.2 Å². The third-order valence-corrected chi connectivity index (χ3v) is 2.73. The molecule has 1 N–H and O–H groups in total. The minimum atomic E-state index is 0.471. The van der Waals surface area contributed by atoms with Crippen molar-refractivity contribution >= 4 is 0 Å². The van der Waals surface area contributed by atoms with Gasteiger partial charge in [-0.15, -0.1) is 0 Å². The predicted octanol–water partition coefficient (Wildman–Crippen LogP) is 2.13. The molecule has 94 valence electrons. The Kier molecular flexibility index (Phi) is 6.69. The molecule has 0 radical (unpaired) electrons. The number of rotatable bonds is 8. The van der Waals surface area contributed by atoms with Crippen LogP contribution in [0.3, 0.4) is 0 Å². The maximum Gasteiger partial charge on any atom is 0.0672 e. The molecule has 0 amide bonds. The van der Waals surface area contributed by atoms with Crippen LogP contribution in [0.2, 0.25) is 0 Å². The van der Waals surface area contributed by atoms with Crippen LogP contribution in [0.15, 0.2) is 12.2 Å². The first-order valence-corrected chi connectivity index (χ1v) is 6.25. The summed E-state index contributed by atoms with van der Waals surface area (Å²) in [5.74, 6) is 0. The molecule has 1 aliphatic heterocycles. The SMILES string of the molecule is C=C(C)COCCNC(C)CC1CCCO1. The van der Waals surface area contributed by atoms with Crippen molar-refractivity contribution < 1.29 is 9.47 Å². The van der Waals surface area contributed by atoms with Gasteiger partial charge in [0.05, 0.1) is 19.3 Å². The standard InChI is InChI=1S/C13H25NO2/c1-11(2)10-15-8-6-14-12(3)9-13-5-4-7-16-13/h12-14H,1,4-10H2,2-3H3. The minimum absolute atomic E-state index is 0.471. The van der Waals surface area contributed by atoms with Gasteiger partial charge in [0.25, 0.3) is 0 Å². The normalized spacial score (nSPS) is 22.2. The highest BCUT2D eigenvalue weighted by atomic mass is 16.5. The number of ether oxygens (including phenoxy) is 2. The van der Waals surface area contributed by atoms with Crippen molar-refractivity contribution in [3.63, 3.8) is 0 Å². The Labute approximate surface area is 99.2 Å². The molecule has 0 aromatic rings. The molecule has 1 fully saturated rings. The summed E-state index contributed by atoms with van der Waals surface area (Å²) < 4.78 is 11.0. The Morgan fingerprint density at radius 1 is 1.62 bits per heavy atom. The number of hydrogen-bond acceptors (Lipinski definition) is 3. The van der Waals surface area contributed by atoms with Crippen LogP contribution < -0.4 is 5.32 Å². The van der Waals surface area contributed by atoms with Gasteiger partial charge in [0.1, 0.15) is 0 Å². The second kappa shape index (κ2) is 7.82. The summed E-state index contributed by atoms with van der Waals surface area (Å²) in [4.78, 5) is 0. The van der Waals surface area contributed by atoms with Crippen molar-refractivity contribution in [2.75, 3.05) is 26.4 Å². The molecule has 0 saturated carbocycles. The fourth-order valence-corrected chi connectivity index (χ4v) is 1.93. The van der Waals surface area contributed by atoms with E-state index < -0.39 is 0 Å². The molecule has 1 saturated heterocycles. The van der Waals surface area contributed by atoms with Crippen molar-refractivity contribution in [1.29, 1.82) is 0 Å². The van der Waals surface area contributed by atoms with Crippen LogP contribution in [-0.2, 0) is 9.47 Å². The van der Waals surface area contributed by atoms with E-state index in [4.69, 9.17) is 9.47 Å². The van der Waals surface area contributed by atoms with Crippen LogP contribution >= 0.6 is 0 Å². The first kappa shape index (κ1) is 13.7. The third-order valence-electron chi connectivity index (χ3n) is 2.73. The molecule has 0 aromatic carbocycles. The molecule has 0 aromatic heterocycles. The van der Waals surface area contributed by atoms with E-state index in [0.717, 1.165) is 31.8 Å². The second-order valence-electron chi connectivity index (χ2n) is 4.74. The van der Waals surface area contributed by atoms with Gasteiger partial charge in [-0.3, -0.25) is 0 Å². The number of hydrogen-bond donors (Lipinski definition) is 1. The van der Waals surface area contributed by atoms with Gasteiger partial charge in [-0.25, -0.2) is 0 Å². The predicted molar refractivity (Wildman–Crippen MR) is 66.7 cm³/mol. The molecule has 2 unspecified atom stereocenters. The van der Waals surface area contributed by atoms with Crippen molar-refractivity contribution in [1.82, 2.24) is 5.32 Å². The minimum Gasteiger partial charge on any atom is -0.378 e. The van der Waals surface area contributed by atoms with E-state index in [9.17, 15) is 0 Å². The van der Waals surface area contributed by atoms with Crippen molar-refractivity contribution in [2.24, 2.45) is 0 Å². The van der Waals surface area contributed by atoms with Gasteiger partial charge >= 0.3 is 0 Å². The Morgan fingerprint density at radius 2 is 2.44 bits per heavy atom. The molecule has 1 rings (SSSR count). The topological polar surface area (TPSA) is 30.5 Å². The largest absolute Gasteiger partial charge is 0.378 e. The quantitative estimate of drug-likeness (QED) is 0.509. The van der Waals surface area contributed by atoms with Crippen LogP contribution in [0.1, 0.15) is 33.1 Å². The Hall–Kier alpha value is -0.380. The lowest BCUT2D eigenvalue weighted by molar-refractivity contribution is 0.0941. The molecule has 3 heteroatoms. The molecule has 0 aliphatic carbocycles. The van der Waals surface area contributed by atoms with Crippen LogP contribution in [0.5, 0.6) is 0 Å². The second-order valence-corrected chi connectivity index (χ2v) is 4.74. The summed E-state index contributed by atoms with van der Waals surface area (Å²) in [6.45, 7) is 11.3. The van der Waals surface area contributed by atoms with E-state index in [1.54, 1.807) is 0 Å². The lowest BCUT2D eigenvalue weighted by atomic mass is 10.1. The molecule has 1 aliphatic rings. The molecule has 3 nitrogen and oxygen atoms in total. The van der Waals surface area contributed by atoms with Crippen LogP contribution in [0, 0.1) is 0 Å². The average molecular weight is 227 g/mol.